The molecule has 1 amide bonds. The number of halogens is 1. The van der Waals surface area contributed by atoms with E-state index >= 15 is 0 Å². The van der Waals surface area contributed by atoms with E-state index < -0.39 is 6.17 Å². The zero-order chi connectivity index (χ0) is 19.8. The van der Waals surface area contributed by atoms with Gasteiger partial charge in [-0.05, 0) is 44.2 Å². The molecule has 152 valence electrons. The quantitative estimate of drug-likeness (QED) is 0.728. The Bertz CT molecular complexity index is 994. The van der Waals surface area contributed by atoms with E-state index in [1.54, 1.807) is 34.0 Å². The molecule has 1 aliphatic carbocycles. The fourth-order valence-corrected chi connectivity index (χ4v) is 4.49. The number of nitrogens with zero attached hydrogens (tertiary/aromatic N) is 6. The predicted octanol–water partition coefficient (Wildman–Crippen LogP) is 2.00. The molecule has 1 N–H and O–H groups in total. The van der Waals surface area contributed by atoms with Gasteiger partial charge in [0.15, 0.2) is 5.69 Å². The van der Waals surface area contributed by atoms with Crippen LogP contribution >= 0.6 is 0 Å². The Balaban J connectivity index is 1.29. The number of likely N-dealkylation sites (tertiary alicyclic amines) is 1. The van der Waals surface area contributed by atoms with Crippen molar-refractivity contribution in [3.63, 3.8) is 0 Å². The van der Waals surface area contributed by atoms with Crippen molar-refractivity contribution in [2.24, 2.45) is 0 Å². The SMILES string of the molecule is O=C(NC1CCC(N2CC[C@H](F)C2)CC1)c1nc(-n2ccnc2)nn2cccc12. The van der Waals surface area contributed by atoms with Crippen LogP contribution in [0.15, 0.2) is 37.1 Å². The average molecular weight is 397 g/mol. The lowest BCUT2D eigenvalue weighted by atomic mass is 9.90. The Morgan fingerprint density at radius 2 is 2.03 bits per heavy atom. The lowest BCUT2D eigenvalue weighted by Gasteiger charge is -2.34. The lowest BCUT2D eigenvalue weighted by molar-refractivity contribution is 0.0905. The second-order valence-corrected chi connectivity index (χ2v) is 7.93. The zero-order valence-electron chi connectivity index (χ0n) is 16.1. The van der Waals surface area contributed by atoms with Crippen molar-refractivity contribution < 1.29 is 9.18 Å². The Labute approximate surface area is 167 Å². The van der Waals surface area contributed by atoms with Crippen molar-refractivity contribution in [3.05, 3.63) is 42.7 Å². The molecule has 1 saturated heterocycles. The third kappa shape index (κ3) is 3.62. The van der Waals surface area contributed by atoms with Gasteiger partial charge >= 0.3 is 0 Å². The number of hydrogen-bond donors (Lipinski definition) is 1. The van der Waals surface area contributed by atoms with Crippen molar-refractivity contribution in [1.29, 1.82) is 0 Å². The molecule has 29 heavy (non-hydrogen) atoms. The molecule has 0 unspecified atom stereocenters. The summed E-state index contributed by atoms with van der Waals surface area (Å²) in [7, 11) is 0. The summed E-state index contributed by atoms with van der Waals surface area (Å²) in [6, 6.07) is 4.24. The number of imidazole rings is 1. The molecule has 0 radical (unpaired) electrons. The number of fused-ring (bicyclic) bond motifs is 1. The van der Waals surface area contributed by atoms with Crippen LogP contribution in [0.5, 0.6) is 0 Å². The number of aromatic nitrogens is 5. The summed E-state index contributed by atoms with van der Waals surface area (Å²) in [5.74, 6) is 0.209. The third-order valence-corrected chi connectivity index (χ3v) is 6.04. The third-order valence-electron chi connectivity index (χ3n) is 6.04. The van der Waals surface area contributed by atoms with E-state index in [1.165, 1.54) is 0 Å². The summed E-state index contributed by atoms with van der Waals surface area (Å²) >= 11 is 0. The summed E-state index contributed by atoms with van der Waals surface area (Å²) < 4.78 is 16.8. The minimum absolute atomic E-state index is 0.115. The summed E-state index contributed by atoms with van der Waals surface area (Å²) in [6.07, 6.45) is 10.5. The van der Waals surface area contributed by atoms with Crippen molar-refractivity contribution in [3.8, 4) is 5.95 Å². The normalized spacial score (nSPS) is 25.5. The van der Waals surface area contributed by atoms with Crippen molar-refractivity contribution >= 4 is 11.4 Å². The smallest absolute Gasteiger partial charge is 0.272 e. The number of amides is 1. The Kier molecular flexibility index (Phi) is 4.75. The van der Waals surface area contributed by atoms with Gasteiger partial charge in [0.1, 0.15) is 12.5 Å². The largest absolute Gasteiger partial charge is 0.348 e. The topological polar surface area (TPSA) is 80.3 Å². The average Bonchev–Trinajstić information content (AvgIpc) is 3.49. The number of carbonyl (C=O) groups is 1. The highest BCUT2D eigenvalue weighted by atomic mass is 19.1. The van der Waals surface area contributed by atoms with E-state index in [0.29, 0.717) is 36.2 Å². The Morgan fingerprint density at radius 3 is 2.76 bits per heavy atom. The fourth-order valence-electron chi connectivity index (χ4n) is 4.49. The van der Waals surface area contributed by atoms with Crippen molar-refractivity contribution in [1.82, 2.24) is 34.4 Å². The van der Waals surface area contributed by atoms with E-state index in [1.807, 2.05) is 12.1 Å². The summed E-state index contributed by atoms with van der Waals surface area (Å²) in [6.45, 7) is 1.42. The number of nitrogens with one attached hydrogen (secondary N) is 1. The van der Waals surface area contributed by atoms with Gasteiger partial charge in [-0.3, -0.25) is 14.3 Å². The predicted molar refractivity (Wildman–Crippen MR) is 105 cm³/mol. The summed E-state index contributed by atoms with van der Waals surface area (Å²) in [4.78, 5) is 23.8. The highest BCUT2D eigenvalue weighted by Crippen LogP contribution is 2.27. The van der Waals surface area contributed by atoms with E-state index in [9.17, 15) is 9.18 Å². The second-order valence-electron chi connectivity index (χ2n) is 7.93. The van der Waals surface area contributed by atoms with E-state index in [4.69, 9.17) is 0 Å². The molecule has 2 aliphatic rings. The first kappa shape index (κ1) is 18.2. The van der Waals surface area contributed by atoms with Crippen molar-refractivity contribution in [2.75, 3.05) is 13.1 Å². The van der Waals surface area contributed by atoms with Gasteiger partial charge in [0.25, 0.3) is 11.9 Å². The lowest BCUT2D eigenvalue weighted by Crippen LogP contribution is -2.43. The minimum Gasteiger partial charge on any atom is -0.348 e. The first-order valence-corrected chi connectivity index (χ1v) is 10.2. The number of hydrogen-bond acceptors (Lipinski definition) is 5. The molecule has 9 heteroatoms. The van der Waals surface area contributed by atoms with Crippen LogP contribution in [0.25, 0.3) is 11.5 Å². The molecule has 0 aromatic carbocycles. The monoisotopic (exact) mass is 397 g/mol. The first-order valence-electron chi connectivity index (χ1n) is 10.2. The Hall–Kier alpha value is -2.81. The van der Waals surface area contributed by atoms with Gasteiger partial charge < -0.3 is 5.32 Å². The second kappa shape index (κ2) is 7.55. The number of alkyl halides is 1. The van der Waals surface area contributed by atoms with E-state index in [2.05, 4.69) is 25.3 Å². The minimum atomic E-state index is -0.681. The van der Waals surface area contributed by atoms with Gasteiger partial charge in [0, 0.05) is 43.8 Å². The molecule has 3 aromatic rings. The highest BCUT2D eigenvalue weighted by Gasteiger charge is 2.32. The van der Waals surface area contributed by atoms with Crippen LogP contribution < -0.4 is 5.32 Å². The Morgan fingerprint density at radius 1 is 1.17 bits per heavy atom. The van der Waals surface area contributed by atoms with Gasteiger partial charge in [-0.25, -0.2) is 18.9 Å². The first-order chi connectivity index (χ1) is 14.2. The zero-order valence-corrected chi connectivity index (χ0v) is 16.1. The molecule has 2 fully saturated rings. The highest BCUT2D eigenvalue weighted by molar-refractivity contribution is 5.99. The van der Waals surface area contributed by atoms with Crippen LogP contribution in [0.3, 0.4) is 0 Å². The molecule has 3 aromatic heterocycles. The molecule has 0 bridgehead atoms. The molecule has 4 heterocycles. The molecule has 0 spiro atoms. The van der Waals surface area contributed by atoms with Crippen LogP contribution in [0, 0.1) is 0 Å². The van der Waals surface area contributed by atoms with Gasteiger partial charge in [-0.2, -0.15) is 0 Å². The maximum absolute atomic E-state index is 13.5. The van der Waals surface area contributed by atoms with Crippen LogP contribution in [0.1, 0.15) is 42.6 Å². The molecule has 8 nitrogen and oxygen atoms in total. The van der Waals surface area contributed by atoms with Gasteiger partial charge in [-0.15, -0.1) is 5.10 Å². The molecular weight excluding hydrogens is 373 g/mol. The van der Waals surface area contributed by atoms with Crippen LogP contribution in [0.4, 0.5) is 4.39 Å². The van der Waals surface area contributed by atoms with Crippen LogP contribution in [-0.2, 0) is 0 Å². The molecule has 1 atom stereocenters. The molecule has 1 aliphatic heterocycles. The van der Waals surface area contributed by atoms with E-state index in [0.717, 1.165) is 32.2 Å². The number of carbonyl (C=O) groups excluding carboxylic acids is 1. The van der Waals surface area contributed by atoms with Gasteiger partial charge in [0.05, 0.1) is 5.52 Å². The van der Waals surface area contributed by atoms with Gasteiger partial charge in [-0.1, -0.05) is 0 Å². The summed E-state index contributed by atoms with van der Waals surface area (Å²) in [5.41, 5.74) is 1.03. The van der Waals surface area contributed by atoms with Crippen molar-refractivity contribution in [2.45, 2.75) is 50.4 Å². The standard InChI is InChI=1S/C20H24FN7O/c21-14-7-10-26(12-14)16-5-3-15(4-6-16)23-19(29)18-17-2-1-9-28(17)25-20(24-18)27-11-8-22-13-27/h1-2,8-9,11,13-16H,3-7,10,12H2,(H,23,29)/t14-,15?,16?/m0/s1. The summed E-state index contributed by atoms with van der Waals surface area (Å²) in [5, 5.41) is 7.59. The van der Waals surface area contributed by atoms with Crippen LogP contribution in [0.2, 0.25) is 0 Å². The maximum atomic E-state index is 13.5. The molecular formula is C20H24FN7O. The van der Waals surface area contributed by atoms with Gasteiger partial charge in [0.2, 0.25) is 0 Å². The molecule has 5 rings (SSSR count). The van der Waals surface area contributed by atoms with Crippen LogP contribution in [-0.4, -0.2) is 66.3 Å². The van der Waals surface area contributed by atoms with E-state index in [-0.39, 0.29) is 11.9 Å². The maximum Gasteiger partial charge on any atom is 0.272 e. The number of rotatable bonds is 4. The fraction of sp³-hybridized carbons (Fsp3) is 0.500. The molecule has 1 saturated carbocycles.